The van der Waals surface area contributed by atoms with Gasteiger partial charge in [0.1, 0.15) is 11.6 Å². The maximum absolute atomic E-state index is 13.0. The summed E-state index contributed by atoms with van der Waals surface area (Å²) in [6, 6.07) is 5.70. The van der Waals surface area contributed by atoms with Crippen LogP contribution < -0.4 is 10.1 Å². The molecule has 0 saturated carbocycles. The lowest BCUT2D eigenvalue weighted by Gasteiger charge is -2.31. The lowest BCUT2D eigenvalue weighted by atomic mass is 9.96. The molecular formula is C15H19FN2O3. The third kappa shape index (κ3) is 4.18. The zero-order valence-corrected chi connectivity index (χ0v) is 12.0. The van der Waals surface area contributed by atoms with E-state index in [2.05, 4.69) is 5.32 Å². The average Bonchev–Trinajstić information content (AvgIpc) is 2.52. The Morgan fingerprint density at radius 2 is 2.10 bits per heavy atom. The van der Waals surface area contributed by atoms with Crippen LogP contribution in [0.1, 0.15) is 12.8 Å². The summed E-state index contributed by atoms with van der Waals surface area (Å²) < 4.78 is 18.3. The summed E-state index contributed by atoms with van der Waals surface area (Å²) in [4.78, 5) is 25.2. The standard InChI is InChI=1S/C15H19FN2O3/c1-17-15(20)11-5-7-18(8-6-11)14(19)10-21-13-4-2-3-12(16)9-13/h2-4,9,11H,5-8,10H2,1H3,(H,17,20). The molecule has 0 radical (unpaired) electrons. The second kappa shape index (κ2) is 7.06. The SMILES string of the molecule is CNC(=O)C1CCN(C(=O)COc2cccc(F)c2)CC1. The van der Waals surface area contributed by atoms with Crippen LogP contribution >= 0.6 is 0 Å². The van der Waals surface area contributed by atoms with Gasteiger partial charge in [-0.25, -0.2) is 4.39 Å². The number of carbonyl (C=O) groups excluding carboxylic acids is 2. The molecule has 2 rings (SSSR count). The highest BCUT2D eigenvalue weighted by Crippen LogP contribution is 2.18. The molecule has 21 heavy (non-hydrogen) atoms. The molecule has 0 spiro atoms. The molecule has 1 aliphatic rings. The Balaban J connectivity index is 1.78. The number of halogens is 1. The van der Waals surface area contributed by atoms with Gasteiger partial charge in [0.2, 0.25) is 5.91 Å². The minimum atomic E-state index is -0.397. The number of amides is 2. The van der Waals surface area contributed by atoms with E-state index in [4.69, 9.17) is 4.74 Å². The smallest absolute Gasteiger partial charge is 0.260 e. The molecule has 1 aromatic carbocycles. The van der Waals surface area contributed by atoms with E-state index < -0.39 is 5.82 Å². The van der Waals surface area contributed by atoms with Crippen molar-refractivity contribution >= 4 is 11.8 Å². The largest absolute Gasteiger partial charge is 0.484 e. The van der Waals surface area contributed by atoms with Gasteiger partial charge in [0, 0.05) is 32.1 Å². The van der Waals surface area contributed by atoms with Crippen molar-refractivity contribution in [2.24, 2.45) is 5.92 Å². The molecule has 0 unspecified atom stereocenters. The van der Waals surface area contributed by atoms with Gasteiger partial charge in [-0.1, -0.05) is 6.07 Å². The molecule has 0 aliphatic carbocycles. The Morgan fingerprint density at radius 1 is 1.38 bits per heavy atom. The maximum atomic E-state index is 13.0. The lowest BCUT2D eigenvalue weighted by Crippen LogP contribution is -2.44. The van der Waals surface area contributed by atoms with Crippen molar-refractivity contribution in [3.8, 4) is 5.75 Å². The van der Waals surface area contributed by atoms with Crippen molar-refractivity contribution in [2.45, 2.75) is 12.8 Å². The fourth-order valence-corrected chi connectivity index (χ4v) is 2.39. The Kier molecular flexibility index (Phi) is 5.14. The van der Waals surface area contributed by atoms with Crippen molar-refractivity contribution in [2.75, 3.05) is 26.7 Å². The van der Waals surface area contributed by atoms with Crippen LogP contribution in [0.2, 0.25) is 0 Å². The van der Waals surface area contributed by atoms with E-state index in [0.717, 1.165) is 0 Å². The maximum Gasteiger partial charge on any atom is 0.260 e. The highest BCUT2D eigenvalue weighted by molar-refractivity contribution is 5.80. The molecule has 5 nitrogen and oxygen atoms in total. The van der Waals surface area contributed by atoms with Crippen molar-refractivity contribution < 1.29 is 18.7 Å². The summed E-state index contributed by atoms with van der Waals surface area (Å²) >= 11 is 0. The molecule has 6 heteroatoms. The predicted octanol–water partition coefficient (Wildman–Crippen LogP) is 1.19. The van der Waals surface area contributed by atoms with Crippen LogP contribution in [-0.2, 0) is 9.59 Å². The van der Waals surface area contributed by atoms with Crippen molar-refractivity contribution in [3.63, 3.8) is 0 Å². The molecule has 0 atom stereocenters. The third-order valence-corrected chi connectivity index (χ3v) is 3.62. The Labute approximate surface area is 123 Å². The minimum absolute atomic E-state index is 0.0248. The second-order valence-electron chi connectivity index (χ2n) is 5.02. The summed E-state index contributed by atoms with van der Waals surface area (Å²) in [6.07, 6.45) is 1.32. The van der Waals surface area contributed by atoms with Crippen LogP contribution in [0.5, 0.6) is 5.75 Å². The van der Waals surface area contributed by atoms with Crippen molar-refractivity contribution in [1.82, 2.24) is 10.2 Å². The molecule has 1 fully saturated rings. The van der Waals surface area contributed by atoms with Crippen LogP contribution in [-0.4, -0.2) is 43.5 Å². The van der Waals surface area contributed by atoms with Gasteiger partial charge < -0.3 is 15.0 Å². The number of hydrogen-bond acceptors (Lipinski definition) is 3. The summed E-state index contributed by atoms with van der Waals surface area (Å²) in [5.74, 6) is -0.203. The molecule has 1 aromatic rings. The first-order valence-corrected chi connectivity index (χ1v) is 6.98. The van der Waals surface area contributed by atoms with E-state index in [1.54, 1.807) is 18.0 Å². The molecule has 1 saturated heterocycles. The van der Waals surface area contributed by atoms with Crippen LogP contribution in [0.25, 0.3) is 0 Å². The van der Waals surface area contributed by atoms with E-state index >= 15 is 0 Å². The van der Waals surface area contributed by atoms with Crippen LogP contribution in [0, 0.1) is 11.7 Å². The highest BCUT2D eigenvalue weighted by atomic mass is 19.1. The number of hydrogen-bond donors (Lipinski definition) is 1. The zero-order valence-electron chi connectivity index (χ0n) is 12.0. The minimum Gasteiger partial charge on any atom is -0.484 e. The van der Waals surface area contributed by atoms with Gasteiger partial charge in [-0.2, -0.15) is 0 Å². The first-order valence-electron chi connectivity index (χ1n) is 6.98. The highest BCUT2D eigenvalue weighted by Gasteiger charge is 2.26. The van der Waals surface area contributed by atoms with Gasteiger partial charge in [-0.3, -0.25) is 9.59 Å². The Hall–Kier alpha value is -2.11. The van der Waals surface area contributed by atoms with E-state index in [-0.39, 0.29) is 24.3 Å². The van der Waals surface area contributed by atoms with Crippen molar-refractivity contribution in [1.29, 1.82) is 0 Å². The fourth-order valence-electron chi connectivity index (χ4n) is 2.39. The first kappa shape index (κ1) is 15.3. The second-order valence-corrected chi connectivity index (χ2v) is 5.02. The molecular weight excluding hydrogens is 275 g/mol. The molecule has 1 N–H and O–H groups in total. The molecule has 1 aliphatic heterocycles. The third-order valence-electron chi connectivity index (χ3n) is 3.62. The van der Waals surface area contributed by atoms with Gasteiger partial charge in [0.05, 0.1) is 0 Å². The quantitative estimate of drug-likeness (QED) is 0.907. The fraction of sp³-hybridized carbons (Fsp3) is 0.467. The normalized spacial score (nSPS) is 15.6. The molecule has 114 valence electrons. The van der Waals surface area contributed by atoms with Gasteiger partial charge in [0.25, 0.3) is 5.91 Å². The summed E-state index contributed by atoms with van der Waals surface area (Å²) in [7, 11) is 1.62. The molecule has 0 bridgehead atoms. The number of nitrogens with one attached hydrogen (secondary N) is 1. The van der Waals surface area contributed by atoms with E-state index in [9.17, 15) is 14.0 Å². The van der Waals surface area contributed by atoms with E-state index in [1.165, 1.54) is 18.2 Å². The van der Waals surface area contributed by atoms with Gasteiger partial charge in [-0.05, 0) is 25.0 Å². The van der Waals surface area contributed by atoms with Gasteiger partial charge in [-0.15, -0.1) is 0 Å². The summed E-state index contributed by atoms with van der Waals surface area (Å²) in [6.45, 7) is 0.973. The summed E-state index contributed by atoms with van der Waals surface area (Å²) in [5, 5.41) is 2.63. The molecule has 0 aromatic heterocycles. The average molecular weight is 294 g/mol. The zero-order chi connectivity index (χ0) is 15.2. The number of piperidine rings is 1. The van der Waals surface area contributed by atoms with Crippen LogP contribution in [0.4, 0.5) is 4.39 Å². The number of likely N-dealkylation sites (tertiary alicyclic amines) is 1. The topological polar surface area (TPSA) is 58.6 Å². The number of benzene rings is 1. The first-order chi connectivity index (χ1) is 10.1. The molecule has 2 amide bonds. The number of rotatable bonds is 4. The number of ether oxygens (including phenoxy) is 1. The number of nitrogens with zero attached hydrogens (tertiary/aromatic N) is 1. The van der Waals surface area contributed by atoms with Crippen LogP contribution in [0.15, 0.2) is 24.3 Å². The van der Waals surface area contributed by atoms with E-state index in [1.807, 2.05) is 0 Å². The molecule has 1 heterocycles. The van der Waals surface area contributed by atoms with Crippen LogP contribution in [0.3, 0.4) is 0 Å². The van der Waals surface area contributed by atoms with Gasteiger partial charge >= 0.3 is 0 Å². The predicted molar refractivity (Wildman–Crippen MR) is 75.3 cm³/mol. The van der Waals surface area contributed by atoms with E-state index in [0.29, 0.717) is 31.7 Å². The Bertz CT molecular complexity index is 513. The lowest BCUT2D eigenvalue weighted by molar-refractivity contribution is -0.137. The van der Waals surface area contributed by atoms with Gasteiger partial charge in [0.15, 0.2) is 6.61 Å². The Morgan fingerprint density at radius 3 is 2.71 bits per heavy atom. The monoisotopic (exact) mass is 294 g/mol. The summed E-state index contributed by atoms with van der Waals surface area (Å²) in [5.41, 5.74) is 0. The number of carbonyl (C=O) groups is 2. The van der Waals surface area contributed by atoms with Crippen molar-refractivity contribution in [3.05, 3.63) is 30.1 Å².